The average Bonchev–Trinajstić information content (AvgIpc) is 2.81. The van der Waals surface area contributed by atoms with Gasteiger partial charge in [0.05, 0.1) is 12.7 Å². The van der Waals surface area contributed by atoms with Gasteiger partial charge in [0.2, 0.25) is 0 Å². The molecule has 0 fully saturated rings. The first-order valence-corrected chi connectivity index (χ1v) is 4.61. The van der Waals surface area contributed by atoms with Crippen molar-refractivity contribution in [2.45, 2.75) is 0 Å². The summed E-state index contributed by atoms with van der Waals surface area (Å²) in [6.45, 7) is 0. The lowest BCUT2D eigenvalue weighted by molar-refractivity contribution is 0.0697. The standard InChI is InChI=1S/C10H11N3O3/c1-16-8-4-2-3-7(10(14)15)9(8)13-6-5-11-12-13/h2-6,11-12H,1H3,(H,14,15). The summed E-state index contributed by atoms with van der Waals surface area (Å²) in [5, 5.41) is 10.6. The molecule has 0 saturated heterocycles. The lowest BCUT2D eigenvalue weighted by Gasteiger charge is -2.20. The van der Waals surface area contributed by atoms with Gasteiger partial charge in [-0.2, -0.15) is 0 Å². The van der Waals surface area contributed by atoms with Crippen LogP contribution in [0.3, 0.4) is 0 Å². The van der Waals surface area contributed by atoms with Crippen molar-refractivity contribution in [2.24, 2.45) is 0 Å². The van der Waals surface area contributed by atoms with Crippen molar-refractivity contribution in [3.8, 4) is 5.75 Å². The van der Waals surface area contributed by atoms with Crippen LogP contribution < -0.4 is 20.7 Å². The Morgan fingerprint density at radius 2 is 2.31 bits per heavy atom. The Balaban J connectivity index is 2.53. The summed E-state index contributed by atoms with van der Waals surface area (Å²) in [6, 6.07) is 4.86. The predicted octanol–water partition coefficient (Wildman–Crippen LogP) is 0.694. The van der Waals surface area contributed by atoms with E-state index in [0.717, 1.165) is 0 Å². The molecule has 0 unspecified atom stereocenters. The number of carboxylic acids is 1. The lowest BCUT2D eigenvalue weighted by Crippen LogP contribution is -2.36. The summed E-state index contributed by atoms with van der Waals surface area (Å²) < 4.78 is 5.14. The van der Waals surface area contributed by atoms with Gasteiger partial charge in [-0.1, -0.05) is 6.07 Å². The van der Waals surface area contributed by atoms with Crippen molar-refractivity contribution < 1.29 is 14.6 Å². The van der Waals surface area contributed by atoms with E-state index in [9.17, 15) is 4.79 Å². The summed E-state index contributed by atoms with van der Waals surface area (Å²) in [5.41, 5.74) is 6.13. The number of carbonyl (C=O) groups is 1. The Labute approximate surface area is 92.1 Å². The Hall–Kier alpha value is -2.21. The van der Waals surface area contributed by atoms with Crippen LogP contribution in [0.2, 0.25) is 0 Å². The molecule has 0 spiro atoms. The number of aromatic carboxylic acids is 1. The first kappa shape index (κ1) is 10.3. The molecule has 0 atom stereocenters. The minimum absolute atomic E-state index is 0.167. The van der Waals surface area contributed by atoms with E-state index in [1.54, 1.807) is 29.5 Å². The van der Waals surface area contributed by atoms with Gasteiger partial charge < -0.3 is 15.3 Å². The van der Waals surface area contributed by atoms with Crippen LogP contribution in [0.4, 0.5) is 5.69 Å². The largest absolute Gasteiger partial charge is 0.494 e. The van der Waals surface area contributed by atoms with Gasteiger partial charge in [-0.05, 0) is 12.1 Å². The summed E-state index contributed by atoms with van der Waals surface area (Å²) >= 11 is 0. The Morgan fingerprint density at radius 3 is 2.88 bits per heavy atom. The van der Waals surface area contributed by atoms with E-state index in [2.05, 4.69) is 11.0 Å². The maximum absolute atomic E-state index is 11.1. The number of carboxylic acid groups (broad SMARTS) is 1. The molecule has 0 aromatic heterocycles. The zero-order chi connectivity index (χ0) is 11.5. The van der Waals surface area contributed by atoms with Crippen LogP contribution >= 0.6 is 0 Å². The van der Waals surface area contributed by atoms with Crippen LogP contribution in [0.15, 0.2) is 30.6 Å². The smallest absolute Gasteiger partial charge is 0.338 e. The fourth-order valence-corrected chi connectivity index (χ4v) is 1.49. The van der Waals surface area contributed by atoms with Gasteiger partial charge in [0.25, 0.3) is 0 Å². The van der Waals surface area contributed by atoms with Gasteiger partial charge in [0, 0.05) is 12.4 Å². The Bertz CT molecular complexity index is 445. The van der Waals surface area contributed by atoms with Crippen molar-refractivity contribution in [1.29, 1.82) is 0 Å². The van der Waals surface area contributed by atoms with Gasteiger partial charge >= 0.3 is 5.97 Å². The normalized spacial score (nSPS) is 13.7. The van der Waals surface area contributed by atoms with Crippen LogP contribution in [0.25, 0.3) is 0 Å². The van der Waals surface area contributed by atoms with Crippen molar-refractivity contribution >= 4 is 11.7 Å². The topological polar surface area (TPSA) is 73.8 Å². The third kappa shape index (κ3) is 1.66. The summed E-state index contributed by atoms with van der Waals surface area (Å²) in [5.74, 6) is -0.517. The van der Waals surface area contributed by atoms with Gasteiger partial charge in [0.15, 0.2) is 0 Å². The molecule has 16 heavy (non-hydrogen) atoms. The highest BCUT2D eigenvalue weighted by Crippen LogP contribution is 2.31. The number of hydrogen-bond acceptors (Lipinski definition) is 5. The summed E-state index contributed by atoms with van der Waals surface area (Å²) in [4.78, 5) is 11.1. The molecule has 6 heteroatoms. The number of anilines is 1. The minimum atomic E-state index is -1.00. The zero-order valence-corrected chi connectivity index (χ0v) is 8.60. The molecule has 1 aliphatic rings. The minimum Gasteiger partial charge on any atom is -0.494 e. The number of hydrazine groups is 2. The number of rotatable bonds is 3. The van der Waals surface area contributed by atoms with Crippen molar-refractivity contribution in [3.63, 3.8) is 0 Å². The molecule has 0 aliphatic carbocycles. The second-order valence-corrected chi connectivity index (χ2v) is 3.10. The quantitative estimate of drug-likeness (QED) is 0.697. The van der Waals surface area contributed by atoms with E-state index in [-0.39, 0.29) is 5.56 Å². The van der Waals surface area contributed by atoms with Gasteiger partial charge in [-0.25, -0.2) is 4.79 Å². The second-order valence-electron chi connectivity index (χ2n) is 3.10. The highest BCUT2D eigenvalue weighted by molar-refractivity contribution is 5.96. The lowest BCUT2D eigenvalue weighted by atomic mass is 10.1. The number of nitrogens with one attached hydrogen (secondary N) is 2. The number of para-hydroxylation sites is 1. The van der Waals surface area contributed by atoms with Crippen molar-refractivity contribution in [1.82, 2.24) is 11.0 Å². The third-order valence-electron chi connectivity index (χ3n) is 2.18. The zero-order valence-electron chi connectivity index (χ0n) is 8.60. The molecule has 0 saturated carbocycles. The molecule has 1 aromatic rings. The third-order valence-corrected chi connectivity index (χ3v) is 2.18. The van der Waals surface area contributed by atoms with E-state index in [1.807, 2.05) is 0 Å². The van der Waals surface area contributed by atoms with E-state index in [0.29, 0.717) is 11.4 Å². The van der Waals surface area contributed by atoms with Gasteiger partial charge in [0.1, 0.15) is 11.4 Å². The highest BCUT2D eigenvalue weighted by atomic mass is 16.5. The van der Waals surface area contributed by atoms with Crippen LogP contribution in [0, 0.1) is 0 Å². The number of nitrogens with zero attached hydrogens (tertiary/aromatic N) is 1. The molecule has 1 aliphatic heterocycles. The molecule has 0 radical (unpaired) electrons. The fourth-order valence-electron chi connectivity index (χ4n) is 1.49. The molecule has 6 nitrogen and oxygen atoms in total. The monoisotopic (exact) mass is 221 g/mol. The van der Waals surface area contributed by atoms with E-state index in [1.165, 1.54) is 13.2 Å². The Morgan fingerprint density at radius 1 is 1.50 bits per heavy atom. The molecule has 3 N–H and O–H groups in total. The van der Waals surface area contributed by atoms with Crippen LogP contribution in [-0.4, -0.2) is 18.2 Å². The molecular weight excluding hydrogens is 210 g/mol. The predicted molar refractivity (Wildman–Crippen MR) is 57.8 cm³/mol. The maximum atomic E-state index is 11.1. The molecule has 0 bridgehead atoms. The number of ether oxygens (including phenoxy) is 1. The van der Waals surface area contributed by atoms with Crippen molar-refractivity contribution in [2.75, 3.05) is 12.1 Å². The molecule has 84 valence electrons. The van der Waals surface area contributed by atoms with E-state index in [4.69, 9.17) is 9.84 Å². The van der Waals surface area contributed by atoms with E-state index < -0.39 is 5.97 Å². The van der Waals surface area contributed by atoms with E-state index >= 15 is 0 Å². The fraction of sp³-hybridized carbons (Fsp3) is 0.100. The molecule has 1 heterocycles. The van der Waals surface area contributed by atoms with Gasteiger partial charge in [-0.3, -0.25) is 5.01 Å². The summed E-state index contributed by atoms with van der Waals surface area (Å²) in [7, 11) is 1.50. The number of hydrogen-bond donors (Lipinski definition) is 3. The van der Waals surface area contributed by atoms with Crippen LogP contribution in [0.1, 0.15) is 10.4 Å². The average molecular weight is 221 g/mol. The SMILES string of the molecule is COc1cccc(C(=O)O)c1N1C=CNN1. The number of benzene rings is 1. The van der Waals surface area contributed by atoms with Crippen molar-refractivity contribution in [3.05, 3.63) is 36.2 Å². The molecule has 0 amide bonds. The van der Waals surface area contributed by atoms with Crippen LogP contribution in [-0.2, 0) is 0 Å². The first-order valence-electron chi connectivity index (χ1n) is 4.61. The second kappa shape index (κ2) is 4.11. The highest BCUT2D eigenvalue weighted by Gasteiger charge is 2.20. The summed E-state index contributed by atoms with van der Waals surface area (Å²) in [6.07, 6.45) is 3.32. The molecule has 2 rings (SSSR count). The Kier molecular flexibility index (Phi) is 2.65. The number of methoxy groups -OCH3 is 1. The maximum Gasteiger partial charge on any atom is 0.338 e. The molecule has 1 aromatic carbocycles. The molecular formula is C10H11N3O3. The van der Waals surface area contributed by atoms with Crippen LogP contribution in [0.5, 0.6) is 5.75 Å². The van der Waals surface area contributed by atoms with Gasteiger partial charge in [-0.15, -0.1) is 5.53 Å². The first-order chi connectivity index (χ1) is 7.74.